The first-order valence-electron chi connectivity index (χ1n) is 18.1. The molecule has 0 unspecified atom stereocenters. The molecule has 57 heavy (non-hydrogen) atoms. The van der Waals surface area contributed by atoms with Gasteiger partial charge in [0.15, 0.2) is 0 Å². The number of halogens is 1. The number of carbonyl (C=O) groups excluding carboxylic acids is 1. The minimum Gasteiger partial charge on any atom is -0.488 e. The molecule has 1 amide bonds. The summed E-state index contributed by atoms with van der Waals surface area (Å²) in [6.07, 6.45) is 5.66. The van der Waals surface area contributed by atoms with Gasteiger partial charge in [-0.1, -0.05) is 48.0 Å². The number of nitriles is 1. The van der Waals surface area contributed by atoms with Gasteiger partial charge in [0, 0.05) is 61.6 Å². The van der Waals surface area contributed by atoms with Crippen molar-refractivity contribution in [1.29, 1.82) is 5.26 Å². The van der Waals surface area contributed by atoms with Gasteiger partial charge in [0.05, 0.1) is 29.4 Å². The Hall–Kier alpha value is -6.30. The topological polar surface area (TPSA) is 180 Å². The monoisotopic (exact) mass is 788 g/mol. The number of pyridine rings is 2. The van der Waals surface area contributed by atoms with Gasteiger partial charge in [-0.25, -0.2) is 9.78 Å². The van der Waals surface area contributed by atoms with Gasteiger partial charge in [-0.15, -0.1) is 0 Å². The summed E-state index contributed by atoms with van der Waals surface area (Å²) < 4.78 is 19.1. The molecule has 3 heterocycles. The Morgan fingerprint density at radius 1 is 0.825 bits per heavy atom. The number of nitrogens with one attached hydrogen (secondary N) is 2. The zero-order valence-corrected chi connectivity index (χ0v) is 32.2. The number of carbonyl (C=O) groups is 1. The number of hydrogen-bond donors (Lipinski definition) is 4. The first-order chi connectivity index (χ1) is 27.7. The van der Waals surface area contributed by atoms with Crippen molar-refractivity contribution < 1.29 is 29.2 Å². The Labute approximate surface area is 334 Å². The quantitative estimate of drug-likeness (QED) is 0.0842. The van der Waals surface area contributed by atoms with Crippen molar-refractivity contribution in [2.75, 3.05) is 26.3 Å². The Kier molecular flexibility index (Phi) is 13.5. The normalized spacial score (nSPS) is 10.9. The van der Waals surface area contributed by atoms with Crippen molar-refractivity contribution in [3.63, 3.8) is 0 Å². The van der Waals surface area contributed by atoms with E-state index in [-0.39, 0.29) is 45.1 Å². The maximum absolute atomic E-state index is 13.8. The van der Waals surface area contributed by atoms with E-state index in [0.717, 1.165) is 44.5 Å². The van der Waals surface area contributed by atoms with Gasteiger partial charge in [-0.3, -0.25) is 14.2 Å². The number of fused-ring (bicyclic) bond motifs is 1. The number of hydrogen-bond acceptors (Lipinski definition) is 11. The van der Waals surface area contributed by atoms with Crippen LogP contribution < -0.4 is 25.7 Å². The van der Waals surface area contributed by atoms with Gasteiger partial charge >= 0.3 is 6.09 Å². The highest BCUT2D eigenvalue weighted by molar-refractivity contribution is 6.32. The van der Waals surface area contributed by atoms with Crippen molar-refractivity contribution in [1.82, 2.24) is 25.0 Å². The summed E-state index contributed by atoms with van der Waals surface area (Å²) in [5, 5.41) is 33.4. The van der Waals surface area contributed by atoms with Crippen LogP contribution in [0.4, 0.5) is 4.79 Å². The number of alkyl carbamates (subject to hydrolysis) is 1. The molecule has 292 valence electrons. The number of amides is 1. The zero-order chi connectivity index (χ0) is 40.3. The first kappa shape index (κ1) is 40.4. The number of benzene rings is 3. The molecule has 0 fully saturated rings. The second kappa shape index (κ2) is 19.0. The molecule has 0 saturated carbocycles. The van der Waals surface area contributed by atoms with Crippen LogP contribution in [0.25, 0.3) is 27.9 Å². The predicted octanol–water partition coefficient (Wildman–Crippen LogP) is 6.02. The molecular formula is C43H41ClN6O7. The Morgan fingerprint density at radius 3 is 2.33 bits per heavy atom. The highest BCUT2D eigenvalue weighted by Crippen LogP contribution is 2.36. The molecule has 0 spiro atoms. The van der Waals surface area contributed by atoms with E-state index in [2.05, 4.69) is 26.7 Å². The Balaban J connectivity index is 1.22. The second-order valence-electron chi connectivity index (χ2n) is 13.1. The van der Waals surface area contributed by atoms with E-state index < -0.39 is 6.09 Å². The summed E-state index contributed by atoms with van der Waals surface area (Å²) in [5.41, 5.74) is 8.71. The van der Waals surface area contributed by atoms with Gasteiger partial charge in [0.25, 0.3) is 5.56 Å². The Morgan fingerprint density at radius 2 is 1.56 bits per heavy atom. The molecule has 3 aromatic heterocycles. The largest absolute Gasteiger partial charge is 0.488 e. The number of aromatic nitrogens is 3. The molecule has 0 aliphatic heterocycles. The summed E-state index contributed by atoms with van der Waals surface area (Å²) in [4.78, 5) is 34.2. The smallest absolute Gasteiger partial charge is 0.407 e. The summed E-state index contributed by atoms with van der Waals surface area (Å²) in [6.45, 7) is 5.04. The van der Waals surface area contributed by atoms with Gasteiger partial charge in [-0.05, 0) is 77.1 Å². The van der Waals surface area contributed by atoms with Crippen LogP contribution in [0.3, 0.4) is 0 Å². The first-order valence-corrected chi connectivity index (χ1v) is 18.5. The molecule has 4 N–H and O–H groups in total. The number of rotatable bonds is 16. The highest BCUT2D eigenvalue weighted by Gasteiger charge is 2.17. The molecule has 0 bridgehead atoms. The van der Waals surface area contributed by atoms with E-state index in [1.54, 1.807) is 48.9 Å². The molecule has 13 nitrogen and oxygen atoms in total. The lowest BCUT2D eigenvalue weighted by molar-refractivity contribution is 0.137. The maximum atomic E-state index is 13.8. The third-order valence-corrected chi connectivity index (χ3v) is 9.60. The van der Waals surface area contributed by atoms with E-state index >= 15 is 0 Å². The lowest BCUT2D eigenvalue weighted by atomic mass is 9.90. The number of nitrogens with zero attached hydrogens (tertiary/aromatic N) is 4. The van der Waals surface area contributed by atoms with Crippen molar-refractivity contribution in [3.8, 4) is 39.8 Å². The van der Waals surface area contributed by atoms with E-state index in [0.29, 0.717) is 51.9 Å². The Bertz CT molecular complexity index is 2500. The maximum Gasteiger partial charge on any atom is 0.407 e. The third-order valence-electron chi connectivity index (χ3n) is 9.31. The van der Waals surface area contributed by atoms with Crippen LogP contribution in [0.15, 0.2) is 96.3 Å². The average molecular weight is 789 g/mol. The highest BCUT2D eigenvalue weighted by atomic mass is 35.5. The van der Waals surface area contributed by atoms with Gasteiger partial charge in [-0.2, -0.15) is 5.26 Å². The fourth-order valence-corrected chi connectivity index (χ4v) is 6.55. The van der Waals surface area contributed by atoms with Crippen LogP contribution >= 0.6 is 11.6 Å². The molecule has 0 atom stereocenters. The fraction of sp³-hybridized carbons (Fsp3) is 0.233. The SMILES string of the molecule is Cc1c(COc2cc(OCc3cncc(C#N)c3)c(CNCCO)cc2Cl)cccc1-c1cccc(-c2cnc3cc(COC(=O)NCCO)ccn3c2=O)c1C. The average Bonchev–Trinajstić information content (AvgIpc) is 3.22. The van der Waals surface area contributed by atoms with E-state index in [1.165, 1.54) is 10.6 Å². The van der Waals surface area contributed by atoms with Crippen LogP contribution in [-0.4, -0.2) is 57.0 Å². The summed E-state index contributed by atoms with van der Waals surface area (Å²) in [6, 6.07) is 22.5. The van der Waals surface area contributed by atoms with E-state index in [4.69, 9.17) is 30.9 Å². The molecule has 0 aliphatic rings. The van der Waals surface area contributed by atoms with Crippen molar-refractivity contribution in [2.45, 2.75) is 40.2 Å². The molecular weight excluding hydrogens is 748 g/mol. The van der Waals surface area contributed by atoms with Crippen LogP contribution in [-0.2, 0) is 31.1 Å². The lowest BCUT2D eigenvalue weighted by Gasteiger charge is -2.18. The molecule has 3 aromatic carbocycles. The van der Waals surface area contributed by atoms with E-state index in [9.17, 15) is 20.0 Å². The number of aliphatic hydroxyl groups excluding tert-OH is 2. The summed E-state index contributed by atoms with van der Waals surface area (Å²) in [5.74, 6) is 0.963. The van der Waals surface area contributed by atoms with Crippen LogP contribution in [0.5, 0.6) is 11.5 Å². The fourth-order valence-electron chi connectivity index (χ4n) is 6.31. The van der Waals surface area contributed by atoms with Crippen molar-refractivity contribution >= 4 is 23.3 Å². The minimum absolute atomic E-state index is 0.0186. The van der Waals surface area contributed by atoms with Crippen LogP contribution in [0, 0.1) is 25.2 Å². The lowest BCUT2D eigenvalue weighted by Crippen LogP contribution is -2.27. The number of aliphatic hydroxyl groups is 2. The molecule has 6 rings (SSSR count). The molecule has 14 heteroatoms. The van der Waals surface area contributed by atoms with Gasteiger partial charge in [0.1, 0.15) is 43.0 Å². The minimum atomic E-state index is -0.651. The van der Waals surface area contributed by atoms with Crippen molar-refractivity contribution in [3.05, 3.63) is 146 Å². The van der Waals surface area contributed by atoms with Crippen molar-refractivity contribution in [2.24, 2.45) is 0 Å². The summed E-state index contributed by atoms with van der Waals surface area (Å²) in [7, 11) is 0. The van der Waals surface area contributed by atoms with Crippen LogP contribution in [0.1, 0.15) is 38.9 Å². The van der Waals surface area contributed by atoms with Crippen LogP contribution in [0.2, 0.25) is 5.02 Å². The standard InChI is InChI=1S/C43H41ClN6O7/c1-27-32(26-56-40-18-39(33(17-38(40)44)22-46-10-13-51)55-25-31-15-30(19-45)20-47-21-31)5-3-6-34(27)35-7-4-8-36(28(35)2)37-23-49-41-16-29(9-12-50(41)42(37)53)24-57-43(54)48-11-14-52/h3-9,12,15-18,20-21,23,46,51-52H,10-11,13-14,22,24-26H2,1-2H3,(H,48,54). The van der Waals surface area contributed by atoms with Gasteiger partial charge in [0.2, 0.25) is 0 Å². The molecule has 6 aromatic rings. The summed E-state index contributed by atoms with van der Waals surface area (Å²) >= 11 is 6.73. The molecule has 0 saturated heterocycles. The second-order valence-corrected chi connectivity index (χ2v) is 13.5. The van der Waals surface area contributed by atoms with E-state index in [1.807, 2.05) is 50.2 Å². The zero-order valence-electron chi connectivity index (χ0n) is 31.4. The molecule has 0 radical (unpaired) electrons. The number of ether oxygens (including phenoxy) is 3. The van der Waals surface area contributed by atoms with Gasteiger partial charge < -0.3 is 35.1 Å². The molecule has 0 aliphatic carbocycles. The predicted molar refractivity (Wildman–Crippen MR) is 215 cm³/mol. The third kappa shape index (κ3) is 9.75.